The number of nitrogens with one attached hydrogen (secondary N) is 1. The number of esters is 1. The number of benzene rings is 1. The largest absolute Gasteiger partial charge is 0.496 e. The van der Waals surface area contributed by atoms with E-state index in [1.54, 1.807) is 6.07 Å². The molecule has 0 aliphatic heterocycles. The molecule has 0 bridgehead atoms. The van der Waals surface area contributed by atoms with Crippen molar-refractivity contribution in [2.24, 2.45) is 5.73 Å². The molecule has 1 rings (SSSR count). The molecule has 6 nitrogen and oxygen atoms in total. The van der Waals surface area contributed by atoms with Crippen LogP contribution in [0.15, 0.2) is 35.5 Å². The second-order valence-electron chi connectivity index (χ2n) is 4.26. The number of carbonyl (C=O) groups excluding carboxylic acids is 2. The number of hydrogen-bond acceptors (Lipinski definition) is 6. The lowest BCUT2D eigenvalue weighted by molar-refractivity contribution is -0.136. The van der Waals surface area contributed by atoms with Crippen molar-refractivity contribution in [3.8, 4) is 5.75 Å². The second-order valence-corrected chi connectivity index (χ2v) is 4.67. The maximum absolute atomic E-state index is 12.8. The summed E-state index contributed by atoms with van der Waals surface area (Å²) in [6, 6.07) is 5.95. The van der Waals surface area contributed by atoms with Gasteiger partial charge in [0.1, 0.15) is 22.0 Å². The van der Waals surface area contributed by atoms with Gasteiger partial charge in [0.2, 0.25) is 0 Å². The van der Waals surface area contributed by atoms with Crippen LogP contribution in [-0.2, 0) is 9.53 Å². The predicted molar refractivity (Wildman–Crippen MR) is 82.3 cm³/mol. The summed E-state index contributed by atoms with van der Waals surface area (Å²) in [6.07, 6.45) is -5.03. The fraction of sp³-hybridized carbons (Fsp3) is 0.214. The lowest BCUT2D eigenvalue weighted by atomic mass is 10.1. The molecule has 0 heterocycles. The third kappa shape index (κ3) is 4.44. The number of nitrogens with two attached hydrogens (primary N) is 1. The van der Waals surface area contributed by atoms with Crippen molar-refractivity contribution in [2.75, 3.05) is 14.2 Å². The van der Waals surface area contributed by atoms with Crippen LogP contribution in [0.1, 0.15) is 10.4 Å². The van der Waals surface area contributed by atoms with Crippen LogP contribution in [0.4, 0.5) is 13.2 Å². The molecule has 0 aliphatic carbocycles. The second kappa shape index (κ2) is 7.77. The Balaban J connectivity index is 3.18. The number of amides is 1. The van der Waals surface area contributed by atoms with Gasteiger partial charge in [0.05, 0.1) is 19.8 Å². The van der Waals surface area contributed by atoms with Crippen molar-refractivity contribution < 1.29 is 32.2 Å². The summed E-state index contributed by atoms with van der Waals surface area (Å²) in [5.41, 5.74) is 2.03. The molecule has 1 aromatic rings. The Kier molecular flexibility index (Phi) is 6.29. The van der Waals surface area contributed by atoms with Gasteiger partial charge in [-0.15, -0.1) is 0 Å². The summed E-state index contributed by atoms with van der Waals surface area (Å²) in [4.78, 5) is 22.9. The van der Waals surface area contributed by atoms with E-state index < -0.39 is 34.3 Å². The number of para-hydroxylation sites is 1. The van der Waals surface area contributed by atoms with Crippen molar-refractivity contribution in [3.63, 3.8) is 0 Å². The number of ether oxygens (including phenoxy) is 2. The predicted octanol–water partition coefficient (Wildman–Crippen LogP) is 1.70. The van der Waals surface area contributed by atoms with E-state index in [1.807, 2.05) is 5.32 Å². The van der Waals surface area contributed by atoms with Gasteiger partial charge in [-0.05, 0) is 12.1 Å². The molecule has 0 fully saturated rings. The first-order valence-corrected chi connectivity index (χ1v) is 6.68. The summed E-state index contributed by atoms with van der Waals surface area (Å²) in [7, 11) is 2.17. The van der Waals surface area contributed by atoms with Crippen molar-refractivity contribution in [2.45, 2.75) is 6.18 Å². The van der Waals surface area contributed by atoms with Crippen LogP contribution < -0.4 is 15.8 Å². The third-order valence-electron chi connectivity index (χ3n) is 2.77. The molecular weight excluding hydrogens is 349 g/mol. The van der Waals surface area contributed by atoms with Crippen molar-refractivity contribution in [1.82, 2.24) is 5.32 Å². The fourth-order valence-corrected chi connectivity index (χ4v) is 1.92. The Hall–Kier alpha value is -2.62. The fourth-order valence-electron chi connectivity index (χ4n) is 1.63. The number of alkyl halides is 3. The summed E-state index contributed by atoms with van der Waals surface area (Å²) >= 11 is 4.71. The molecule has 3 N–H and O–H groups in total. The van der Waals surface area contributed by atoms with Gasteiger partial charge in [-0.3, -0.25) is 4.79 Å². The summed E-state index contributed by atoms with van der Waals surface area (Å²) < 4.78 is 47.5. The molecule has 0 aromatic heterocycles. The van der Waals surface area contributed by atoms with E-state index in [-0.39, 0.29) is 11.3 Å². The van der Waals surface area contributed by atoms with Gasteiger partial charge in [0, 0.05) is 0 Å². The molecule has 0 aliphatic rings. The van der Waals surface area contributed by atoms with Crippen LogP contribution in [0.5, 0.6) is 5.75 Å². The first kappa shape index (κ1) is 19.4. The zero-order valence-corrected chi connectivity index (χ0v) is 13.4. The van der Waals surface area contributed by atoms with Gasteiger partial charge in [0.15, 0.2) is 0 Å². The van der Waals surface area contributed by atoms with Gasteiger partial charge in [-0.2, -0.15) is 13.2 Å². The summed E-state index contributed by atoms with van der Waals surface area (Å²) in [5, 5.41) is 2.01. The number of thiocarbonyl (C=S) groups is 1. The average molecular weight is 362 g/mol. The van der Waals surface area contributed by atoms with Crippen LogP contribution in [0.25, 0.3) is 0 Å². The van der Waals surface area contributed by atoms with E-state index in [4.69, 9.17) is 22.7 Å². The van der Waals surface area contributed by atoms with E-state index in [1.165, 1.54) is 25.3 Å². The van der Waals surface area contributed by atoms with Gasteiger partial charge < -0.3 is 20.5 Å². The molecule has 1 aromatic carbocycles. The minimum atomic E-state index is -5.03. The topological polar surface area (TPSA) is 90.6 Å². The standard InChI is InChI=1S/C14H13F3N2O4S/c1-22-8-6-4-3-5-7(8)11(20)19-12(24)9(13(21)23-2)10(18)14(15,16)17/h3-6H,18H2,1-2H3,(H,19,20,24)/b10-9+. The van der Waals surface area contributed by atoms with E-state index >= 15 is 0 Å². The SMILES string of the molecule is COC(=O)/C(C(=S)NC(=O)c1ccccc1OC)=C(/N)C(F)(F)F. The molecule has 0 saturated carbocycles. The number of hydrogen-bond donors (Lipinski definition) is 2. The normalized spacial score (nSPS) is 12.0. The smallest absolute Gasteiger partial charge is 0.431 e. The van der Waals surface area contributed by atoms with E-state index in [9.17, 15) is 22.8 Å². The summed E-state index contributed by atoms with van der Waals surface area (Å²) in [6.45, 7) is 0. The van der Waals surface area contributed by atoms with Gasteiger partial charge in [0.25, 0.3) is 5.91 Å². The molecule has 130 valence electrons. The third-order valence-corrected chi connectivity index (χ3v) is 3.08. The zero-order valence-electron chi connectivity index (χ0n) is 12.6. The molecule has 0 radical (unpaired) electrons. The molecule has 0 spiro atoms. The molecule has 0 saturated heterocycles. The number of halogens is 3. The molecule has 0 atom stereocenters. The highest BCUT2D eigenvalue weighted by Crippen LogP contribution is 2.25. The highest BCUT2D eigenvalue weighted by atomic mass is 32.1. The van der Waals surface area contributed by atoms with Crippen molar-refractivity contribution >= 4 is 29.1 Å². The van der Waals surface area contributed by atoms with Crippen LogP contribution >= 0.6 is 12.2 Å². The first-order valence-electron chi connectivity index (χ1n) is 6.27. The molecule has 0 unspecified atom stereocenters. The molecular formula is C14H13F3N2O4S. The lowest BCUT2D eigenvalue weighted by Crippen LogP contribution is -2.37. The number of rotatable bonds is 4. The Morgan fingerprint density at radius 3 is 2.29 bits per heavy atom. The maximum Gasteiger partial charge on any atom is 0.431 e. The number of methoxy groups -OCH3 is 2. The minimum Gasteiger partial charge on any atom is -0.496 e. The summed E-state index contributed by atoms with van der Waals surface area (Å²) in [5.74, 6) is -2.12. The van der Waals surface area contributed by atoms with E-state index in [0.717, 1.165) is 7.11 Å². The molecule has 10 heteroatoms. The molecule has 24 heavy (non-hydrogen) atoms. The first-order chi connectivity index (χ1) is 11.1. The quantitative estimate of drug-likeness (QED) is 0.481. The van der Waals surface area contributed by atoms with Crippen LogP contribution in [0.2, 0.25) is 0 Å². The number of allylic oxidation sites excluding steroid dienone is 1. The van der Waals surface area contributed by atoms with E-state index in [0.29, 0.717) is 0 Å². The van der Waals surface area contributed by atoms with Gasteiger partial charge in [-0.25, -0.2) is 4.79 Å². The van der Waals surface area contributed by atoms with Crippen LogP contribution in [0, 0.1) is 0 Å². The zero-order chi connectivity index (χ0) is 18.5. The Bertz CT molecular complexity index is 702. The highest BCUT2D eigenvalue weighted by molar-refractivity contribution is 7.81. The van der Waals surface area contributed by atoms with Gasteiger partial charge in [-0.1, -0.05) is 24.4 Å². The minimum absolute atomic E-state index is 0.0112. The Morgan fingerprint density at radius 2 is 1.79 bits per heavy atom. The lowest BCUT2D eigenvalue weighted by Gasteiger charge is -2.15. The number of carbonyl (C=O) groups is 2. The van der Waals surface area contributed by atoms with Crippen LogP contribution in [0.3, 0.4) is 0 Å². The van der Waals surface area contributed by atoms with E-state index in [2.05, 4.69) is 4.74 Å². The monoisotopic (exact) mass is 362 g/mol. The highest BCUT2D eigenvalue weighted by Gasteiger charge is 2.38. The van der Waals surface area contributed by atoms with Crippen LogP contribution in [-0.4, -0.2) is 37.3 Å². The Labute approximate surface area is 140 Å². The van der Waals surface area contributed by atoms with Crippen molar-refractivity contribution in [3.05, 3.63) is 41.1 Å². The maximum atomic E-state index is 12.8. The average Bonchev–Trinajstić information content (AvgIpc) is 2.53. The van der Waals surface area contributed by atoms with Gasteiger partial charge >= 0.3 is 12.1 Å². The van der Waals surface area contributed by atoms with Crippen molar-refractivity contribution in [1.29, 1.82) is 0 Å². The Morgan fingerprint density at radius 1 is 1.21 bits per heavy atom. The molecule has 1 amide bonds.